The third kappa shape index (κ3) is 3.29. The summed E-state index contributed by atoms with van der Waals surface area (Å²) < 4.78 is 18.7. The number of halogens is 1. The molecule has 100 valence electrons. The predicted octanol–water partition coefficient (Wildman–Crippen LogP) is 3.76. The number of pyridine rings is 1. The molecule has 19 heavy (non-hydrogen) atoms. The van der Waals surface area contributed by atoms with Crippen molar-refractivity contribution in [2.24, 2.45) is 0 Å². The van der Waals surface area contributed by atoms with Crippen molar-refractivity contribution >= 4 is 0 Å². The van der Waals surface area contributed by atoms with Gasteiger partial charge in [0.05, 0.1) is 18.0 Å². The van der Waals surface area contributed by atoms with Gasteiger partial charge in [0.2, 0.25) is 0 Å². The van der Waals surface area contributed by atoms with Gasteiger partial charge < -0.3 is 9.84 Å². The second kappa shape index (κ2) is 5.80. The van der Waals surface area contributed by atoms with Crippen LogP contribution < -0.4 is 4.74 Å². The van der Waals surface area contributed by atoms with Crippen LogP contribution in [0, 0.1) is 12.7 Å². The molecule has 0 radical (unpaired) electrons. The van der Waals surface area contributed by atoms with E-state index in [1.54, 1.807) is 37.4 Å². The van der Waals surface area contributed by atoms with Crippen molar-refractivity contribution in [3.63, 3.8) is 0 Å². The Balaban J connectivity index is 2.12. The highest BCUT2D eigenvalue weighted by Crippen LogP contribution is 2.24. The zero-order valence-electron chi connectivity index (χ0n) is 10.9. The number of aliphatic hydroxyl groups is 1. The van der Waals surface area contributed by atoms with Crippen LogP contribution >= 0.6 is 0 Å². The van der Waals surface area contributed by atoms with E-state index in [0.29, 0.717) is 29.2 Å². The van der Waals surface area contributed by atoms with Gasteiger partial charge in [0.1, 0.15) is 17.3 Å². The molecule has 1 N–H and O–H groups in total. The molecule has 0 unspecified atom stereocenters. The van der Waals surface area contributed by atoms with Crippen LogP contribution in [-0.4, -0.2) is 10.1 Å². The number of aliphatic hydroxyl groups excluding tert-OH is 1. The molecule has 0 aliphatic heterocycles. The Morgan fingerprint density at radius 2 is 2.00 bits per heavy atom. The fourth-order valence-corrected chi connectivity index (χ4v) is 1.68. The van der Waals surface area contributed by atoms with E-state index < -0.39 is 6.10 Å². The van der Waals surface area contributed by atoms with Crippen molar-refractivity contribution in [1.29, 1.82) is 0 Å². The number of hydrogen-bond acceptors (Lipinski definition) is 3. The Hall–Kier alpha value is -1.94. The Bertz CT molecular complexity index is 555. The first-order chi connectivity index (χ1) is 9.10. The van der Waals surface area contributed by atoms with Gasteiger partial charge in [0.15, 0.2) is 0 Å². The minimum Gasteiger partial charge on any atom is -0.456 e. The summed E-state index contributed by atoms with van der Waals surface area (Å²) in [5.41, 5.74) is 1.15. The molecule has 0 aliphatic carbocycles. The first-order valence-corrected chi connectivity index (χ1v) is 6.18. The minimum absolute atomic E-state index is 0.258. The SMILES string of the molecule is CC[C@@H](O)c1ccc(Oc2ccc(F)c(C)c2)cn1. The lowest BCUT2D eigenvalue weighted by atomic mass is 10.2. The van der Waals surface area contributed by atoms with Gasteiger partial charge in [-0.1, -0.05) is 6.92 Å². The number of hydrogen-bond donors (Lipinski definition) is 1. The summed E-state index contributed by atoms with van der Waals surface area (Å²) in [5.74, 6) is 0.856. The highest BCUT2D eigenvalue weighted by atomic mass is 19.1. The largest absolute Gasteiger partial charge is 0.456 e. The van der Waals surface area contributed by atoms with Crippen LogP contribution in [0.15, 0.2) is 36.5 Å². The van der Waals surface area contributed by atoms with Crippen LogP contribution in [0.1, 0.15) is 30.7 Å². The fraction of sp³-hybridized carbons (Fsp3) is 0.267. The van der Waals surface area contributed by atoms with Gasteiger partial charge in [-0.15, -0.1) is 0 Å². The zero-order chi connectivity index (χ0) is 13.8. The van der Waals surface area contributed by atoms with Gasteiger partial charge in [-0.2, -0.15) is 0 Å². The van der Waals surface area contributed by atoms with Gasteiger partial charge >= 0.3 is 0 Å². The topological polar surface area (TPSA) is 42.4 Å². The molecule has 0 spiro atoms. The van der Waals surface area contributed by atoms with Crippen LogP contribution in [0.4, 0.5) is 4.39 Å². The number of rotatable bonds is 4. The molecular weight excluding hydrogens is 245 g/mol. The fourth-order valence-electron chi connectivity index (χ4n) is 1.68. The summed E-state index contributed by atoms with van der Waals surface area (Å²) in [6.45, 7) is 3.57. The molecule has 1 heterocycles. The number of benzene rings is 1. The second-order valence-corrected chi connectivity index (χ2v) is 4.36. The van der Waals surface area contributed by atoms with Crippen molar-refractivity contribution in [3.05, 3.63) is 53.6 Å². The first kappa shape index (κ1) is 13.5. The molecule has 0 aliphatic rings. The summed E-state index contributed by atoms with van der Waals surface area (Å²) in [5, 5.41) is 9.63. The molecule has 0 bridgehead atoms. The smallest absolute Gasteiger partial charge is 0.145 e. The lowest BCUT2D eigenvalue weighted by Crippen LogP contribution is -1.98. The van der Waals surface area contributed by atoms with Crippen LogP contribution in [0.5, 0.6) is 11.5 Å². The van der Waals surface area contributed by atoms with Crippen LogP contribution in [0.2, 0.25) is 0 Å². The molecule has 0 fully saturated rings. The van der Waals surface area contributed by atoms with E-state index in [2.05, 4.69) is 4.98 Å². The first-order valence-electron chi connectivity index (χ1n) is 6.18. The van der Waals surface area contributed by atoms with Crippen molar-refractivity contribution in [2.75, 3.05) is 0 Å². The van der Waals surface area contributed by atoms with Crippen molar-refractivity contribution in [1.82, 2.24) is 4.98 Å². The molecule has 2 aromatic rings. The lowest BCUT2D eigenvalue weighted by molar-refractivity contribution is 0.169. The van der Waals surface area contributed by atoms with E-state index in [1.807, 2.05) is 6.92 Å². The number of ether oxygens (including phenoxy) is 1. The molecule has 4 heteroatoms. The summed E-state index contributed by atoms with van der Waals surface area (Å²) in [6, 6.07) is 8.02. The molecule has 1 aromatic heterocycles. The van der Waals surface area contributed by atoms with Crippen LogP contribution in [0.3, 0.4) is 0 Å². The van der Waals surface area contributed by atoms with E-state index >= 15 is 0 Å². The molecule has 2 rings (SSSR count). The highest BCUT2D eigenvalue weighted by Gasteiger charge is 2.07. The summed E-state index contributed by atoms with van der Waals surface area (Å²) in [7, 11) is 0. The molecule has 3 nitrogen and oxygen atoms in total. The maximum Gasteiger partial charge on any atom is 0.145 e. The zero-order valence-corrected chi connectivity index (χ0v) is 10.9. The Kier molecular flexibility index (Phi) is 4.12. The van der Waals surface area contributed by atoms with Crippen molar-refractivity contribution < 1.29 is 14.2 Å². The number of nitrogens with zero attached hydrogens (tertiary/aromatic N) is 1. The van der Waals surface area contributed by atoms with Crippen LogP contribution in [-0.2, 0) is 0 Å². The number of aromatic nitrogens is 1. The average molecular weight is 261 g/mol. The maximum atomic E-state index is 13.1. The van der Waals surface area contributed by atoms with Gasteiger partial charge in [-0.05, 0) is 49.2 Å². The number of aryl methyl sites for hydroxylation is 1. The lowest BCUT2D eigenvalue weighted by Gasteiger charge is -2.09. The monoisotopic (exact) mass is 261 g/mol. The van der Waals surface area contributed by atoms with Gasteiger partial charge in [0.25, 0.3) is 0 Å². The van der Waals surface area contributed by atoms with Crippen molar-refractivity contribution in [2.45, 2.75) is 26.4 Å². The molecular formula is C15H16FNO2. The van der Waals surface area contributed by atoms with E-state index in [1.165, 1.54) is 6.07 Å². The maximum absolute atomic E-state index is 13.1. The highest BCUT2D eigenvalue weighted by molar-refractivity contribution is 5.33. The Labute approximate surface area is 111 Å². The van der Waals surface area contributed by atoms with Crippen molar-refractivity contribution in [3.8, 4) is 11.5 Å². The third-order valence-corrected chi connectivity index (χ3v) is 2.85. The summed E-state index contributed by atoms with van der Waals surface area (Å²) >= 11 is 0. The van der Waals surface area contributed by atoms with E-state index in [0.717, 1.165) is 0 Å². The third-order valence-electron chi connectivity index (χ3n) is 2.85. The quantitative estimate of drug-likeness (QED) is 0.911. The normalized spacial score (nSPS) is 12.2. The van der Waals surface area contributed by atoms with E-state index in [-0.39, 0.29) is 5.82 Å². The molecule has 1 atom stereocenters. The van der Waals surface area contributed by atoms with Gasteiger partial charge in [0, 0.05) is 0 Å². The van der Waals surface area contributed by atoms with Crippen LogP contribution in [0.25, 0.3) is 0 Å². The molecule has 1 aromatic carbocycles. The molecule has 0 saturated heterocycles. The van der Waals surface area contributed by atoms with Gasteiger partial charge in [-0.25, -0.2) is 4.39 Å². The summed E-state index contributed by atoms with van der Waals surface area (Å²) in [4.78, 5) is 4.14. The molecule has 0 saturated carbocycles. The van der Waals surface area contributed by atoms with E-state index in [4.69, 9.17) is 4.74 Å². The average Bonchev–Trinajstić information content (AvgIpc) is 2.43. The second-order valence-electron chi connectivity index (χ2n) is 4.36. The Morgan fingerprint density at radius 1 is 1.26 bits per heavy atom. The summed E-state index contributed by atoms with van der Waals surface area (Å²) in [6.07, 6.45) is 1.61. The molecule has 0 amide bonds. The predicted molar refractivity (Wildman–Crippen MR) is 70.7 cm³/mol. The standard InChI is InChI=1S/C15H16FNO2/c1-3-15(18)14-7-5-12(9-17-14)19-11-4-6-13(16)10(2)8-11/h4-9,15,18H,3H2,1-2H3/t15-/m1/s1. The Morgan fingerprint density at radius 3 is 2.58 bits per heavy atom. The van der Waals surface area contributed by atoms with E-state index in [9.17, 15) is 9.50 Å². The van der Waals surface area contributed by atoms with Gasteiger partial charge in [-0.3, -0.25) is 4.98 Å². The minimum atomic E-state index is -0.554.